The second-order valence-corrected chi connectivity index (χ2v) is 4.61. The molecule has 1 aromatic rings. The standard InChI is InChI=1S/C13H17FN2O/c1-9-2-5-12(11(14)6-9)16-13(17)8-15-7-10-3-4-10/h2,5-6,10,15H,3-4,7-8H2,1H3,(H,16,17). The van der Waals surface area contributed by atoms with E-state index < -0.39 is 0 Å². The van der Waals surface area contributed by atoms with Gasteiger partial charge in [0.25, 0.3) is 0 Å². The molecule has 3 nitrogen and oxygen atoms in total. The van der Waals surface area contributed by atoms with Gasteiger partial charge in [-0.1, -0.05) is 6.07 Å². The second kappa shape index (κ2) is 5.27. The van der Waals surface area contributed by atoms with E-state index in [9.17, 15) is 9.18 Å². The van der Waals surface area contributed by atoms with Gasteiger partial charge in [0.1, 0.15) is 5.82 Å². The number of benzene rings is 1. The van der Waals surface area contributed by atoms with Crippen molar-refractivity contribution in [2.75, 3.05) is 18.4 Å². The van der Waals surface area contributed by atoms with Crippen molar-refractivity contribution in [2.45, 2.75) is 19.8 Å². The van der Waals surface area contributed by atoms with E-state index in [4.69, 9.17) is 0 Å². The van der Waals surface area contributed by atoms with E-state index in [0.29, 0.717) is 0 Å². The summed E-state index contributed by atoms with van der Waals surface area (Å²) in [5.41, 5.74) is 1.08. The molecule has 92 valence electrons. The molecule has 1 aliphatic rings. The molecule has 4 heteroatoms. The lowest BCUT2D eigenvalue weighted by molar-refractivity contribution is -0.115. The first kappa shape index (κ1) is 12.0. The molecule has 0 heterocycles. The monoisotopic (exact) mass is 236 g/mol. The highest BCUT2D eigenvalue weighted by atomic mass is 19.1. The number of amides is 1. The van der Waals surface area contributed by atoms with Gasteiger partial charge in [0.05, 0.1) is 12.2 Å². The normalized spacial score (nSPS) is 14.7. The minimum absolute atomic E-state index is 0.201. The van der Waals surface area contributed by atoms with Gasteiger partial charge in [0, 0.05) is 0 Å². The van der Waals surface area contributed by atoms with E-state index in [0.717, 1.165) is 18.0 Å². The van der Waals surface area contributed by atoms with Crippen LogP contribution in [-0.4, -0.2) is 19.0 Å². The minimum Gasteiger partial charge on any atom is -0.322 e. The first-order valence-corrected chi connectivity index (χ1v) is 5.92. The summed E-state index contributed by atoms with van der Waals surface area (Å²) < 4.78 is 13.4. The van der Waals surface area contributed by atoms with Gasteiger partial charge >= 0.3 is 0 Å². The molecule has 2 N–H and O–H groups in total. The number of aryl methyl sites for hydroxylation is 1. The van der Waals surface area contributed by atoms with E-state index in [1.165, 1.54) is 18.9 Å². The average molecular weight is 236 g/mol. The number of anilines is 1. The van der Waals surface area contributed by atoms with Gasteiger partial charge < -0.3 is 10.6 Å². The lowest BCUT2D eigenvalue weighted by Crippen LogP contribution is -2.29. The Morgan fingerprint density at radius 1 is 1.47 bits per heavy atom. The van der Waals surface area contributed by atoms with Gasteiger partial charge in [-0.05, 0) is 49.9 Å². The quantitative estimate of drug-likeness (QED) is 0.821. The molecule has 1 fully saturated rings. The fourth-order valence-corrected chi connectivity index (χ4v) is 1.63. The highest BCUT2D eigenvalue weighted by molar-refractivity contribution is 5.92. The van der Waals surface area contributed by atoms with E-state index in [2.05, 4.69) is 10.6 Å². The molecule has 0 atom stereocenters. The molecule has 0 bridgehead atoms. The fraction of sp³-hybridized carbons (Fsp3) is 0.462. The van der Waals surface area contributed by atoms with Crippen molar-refractivity contribution in [2.24, 2.45) is 5.92 Å². The van der Waals surface area contributed by atoms with Crippen molar-refractivity contribution in [1.29, 1.82) is 0 Å². The van der Waals surface area contributed by atoms with Crippen LogP contribution in [0.25, 0.3) is 0 Å². The van der Waals surface area contributed by atoms with Crippen LogP contribution in [0.3, 0.4) is 0 Å². The SMILES string of the molecule is Cc1ccc(NC(=O)CNCC2CC2)c(F)c1. The lowest BCUT2D eigenvalue weighted by atomic mass is 10.2. The molecule has 17 heavy (non-hydrogen) atoms. The van der Waals surface area contributed by atoms with E-state index >= 15 is 0 Å². The number of carbonyl (C=O) groups excluding carboxylic acids is 1. The zero-order valence-corrected chi connectivity index (χ0v) is 9.92. The summed E-state index contributed by atoms with van der Waals surface area (Å²) in [5.74, 6) is 0.146. The molecule has 1 saturated carbocycles. The number of nitrogens with one attached hydrogen (secondary N) is 2. The molecule has 0 radical (unpaired) electrons. The molecular formula is C13H17FN2O. The first-order chi connectivity index (χ1) is 8.15. The summed E-state index contributed by atoms with van der Waals surface area (Å²) in [6.07, 6.45) is 2.50. The summed E-state index contributed by atoms with van der Waals surface area (Å²) in [4.78, 5) is 11.5. The predicted octanol–water partition coefficient (Wildman–Crippen LogP) is 2.07. The Morgan fingerprint density at radius 3 is 2.88 bits per heavy atom. The largest absolute Gasteiger partial charge is 0.322 e. The number of halogens is 1. The highest BCUT2D eigenvalue weighted by Gasteiger charge is 2.20. The number of hydrogen-bond acceptors (Lipinski definition) is 2. The maximum absolute atomic E-state index is 13.4. The van der Waals surface area contributed by atoms with Crippen molar-refractivity contribution in [1.82, 2.24) is 5.32 Å². The van der Waals surface area contributed by atoms with Gasteiger partial charge in [-0.3, -0.25) is 4.79 Å². The molecule has 0 spiro atoms. The summed E-state index contributed by atoms with van der Waals surface area (Å²) in [7, 11) is 0. The van der Waals surface area contributed by atoms with Crippen molar-refractivity contribution in [3.63, 3.8) is 0 Å². The van der Waals surface area contributed by atoms with Crippen LogP contribution in [0.1, 0.15) is 18.4 Å². The number of hydrogen-bond donors (Lipinski definition) is 2. The Kier molecular flexibility index (Phi) is 3.74. The molecule has 0 aromatic heterocycles. The zero-order valence-electron chi connectivity index (χ0n) is 9.92. The van der Waals surface area contributed by atoms with Crippen LogP contribution >= 0.6 is 0 Å². The minimum atomic E-state index is -0.388. The highest BCUT2D eigenvalue weighted by Crippen LogP contribution is 2.27. The Balaban J connectivity index is 1.79. The van der Waals surface area contributed by atoms with Crippen molar-refractivity contribution < 1.29 is 9.18 Å². The summed E-state index contributed by atoms with van der Waals surface area (Å²) in [5, 5.41) is 5.62. The van der Waals surface area contributed by atoms with Crippen LogP contribution in [0.4, 0.5) is 10.1 Å². The first-order valence-electron chi connectivity index (χ1n) is 5.92. The molecule has 1 aromatic carbocycles. The lowest BCUT2D eigenvalue weighted by Gasteiger charge is -2.07. The maximum atomic E-state index is 13.4. The van der Waals surface area contributed by atoms with Crippen LogP contribution in [0.2, 0.25) is 0 Å². The molecule has 2 rings (SSSR count). The summed E-state index contributed by atoms with van der Waals surface area (Å²) in [6, 6.07) is 4.77. The van der Waals surface area contributed by atoms with E-state index in [1.54, 1.807) is 12.1 Å². The van der Waals surface area contributed by atoms with Crippen LogP contribution in [0.15, 0.2) is 18.2 Å². The summed E-state index contributed by atoms with van der Waals surface area (Å²) in [6.45, 7) is 2.93. The van der Waals surface area contributed by atoms with Gasteiger partial charge in [0.2, 0.25) is 5.91 Å². The van der Waals surface area contributed by atoms with Gasteiger partial charge in [-0.2, -0.15) is 0 Å². The molecular weight excluding hydrogens is 219 g/mol. The third-order valence-electron chi connectivity index (χ3n) is 2.81. The molecule has 0 saturated heterocycles. The van der Waals surface area contributed by atoms with Crippen LogP contribution < -0.4 is 10.6 Å². The fourth-order valence-electron chi connectivity index (χ4n) is 1.63. The Bertz CT molecular complexity index is 416. The van der Waals surface area contributed by atoms with Gasteiger partial charge in [-0.25, -0.2) is 4.39 Å². The van der Waals surface area contributed by atoms with E-state index in [1.807, 2.05) is 6.92 Å². The van der Waals surface area contributed by atoms with Gasteiger partial charge in [0.15, 0.2) is 0 Å². The van der Waals surface area contributed by atoms with Gasteiger partial charge in [-0.15, -0.1) is 0 Å². The van der Waals surface area contributed by atoms with E-state index in [-0.39, 0.29) is 24.0 Å². The molecule has 0 aliphatic heterocycles. The Hall–Kier alpha value is -1.42. The zero-order chi connectivity index (χ0) is 12.3. The molecule has 0 unspecified atom stereocenters. The smallest absolute Gasteiger partial charge is 0.238 e. The Morgan fingerprint density at radius 2 is 2.24 bits per heavy atom. The average Bonchev–Trinajstić information content (AvgIpc) is 3.06. The predicted molar refractivity (Wildman–Crippen MR) is 65.4 cm³/mol. The molecule has 1 aliphatic carbocycles. The topological polar surface area (TPSA) is 41.1 Å². The van der Waals surface area contributed by atoms with Crippen molar-refractivity contribution >= 4 is 11.6 Å². The van der Waals surface area contributed by atoms with Crippen molar-refractivity contribution in [3.8, 4) is 0 Å². The third kappa shape index (κ3) is 3.82. The third-order valence-corrected chi connectivity index (χ3v) is 2.81. The Labute approximate surface area is 100 Å². The maximum Gasteiger partial charge on any atom is 0.238 e. The van der Waals surface area contributed by atoms with Crippen LogP contribution in [0.5, 0.6) is 0 Å². The number of rotatable bonds is 5. The second-order valence-electron chi connectivity index (χ2n) is 4.61. The summed E-state index contributed by atoms with van der Waals surface area (Å²) >= 11 is 0. The van der Waals surface area contributed by atoms with Crippen molar-refractivity contribution in [3.05, 3.63) is 29.6 Å². The van der Waals surface area contributed by atoms with Crippen LogP contribution in [0, 0.1) is 18.7 Å². The number of carbonyl (C=O) groups is 1. The molecule has 1 amide bonds. The van der Waals surface area contributed by atoms with Crippen LogP contribution in [-0.2, 0) is 4.79 Å².